The zero-order valence-corrected chi connectivity index (χ0v) is 21.1. The van der Waals surface area contributed by atoms with Gasteiger partial charge in [-0.1, -0.05) is 13.8 Å². The van der Waals surface area contributed by atoms with Crippen LogP contribution in [-0.4, -0.2) is 63.2 Å². The lowest BCUT2D eigenvalue weighted by Crippen LogP contribution is -2.44. The van der Waals surface area contributed by atoms with Crippen molar-refractivity contribution in [2.45, 2.75) is 44.9 Å². The highest BCUT2D eigenvalue weighted by Gasteiger charge is 2.40. The monoisotopic (exact) mass is 504 g/mol. The third kappa shape index (κ3) is 5.36. The lowest BCUT2D eigenvalue weighted by molar-refractivity contribution is -0.137. The van der Waals surface area contributed by atoms with Crippen LogP contribution in [0.1, 0.15) is 26.7 Å². The molecular weight excluding hydrogens is 470 g/mol. The maximum absolute atomic E-state index is 14.4. The van der Waals surface area contributed by atoms with Crippen molar-refractivity contribution >= 4 is 17.3 Å². The first-order valence-electron chi connectivity index (χ1n) is 12.3. The van der Waals surface area contributed by atoms with Crippen LogP contribution < -0.4 is 19.3 Å². The maximum Gasteiger partial charge on any atom is 0.305 e. The van der Waals surface area contributed by atoms with Crippen molar-refractivity contribution in [1.29, 1.82) is 0 Å². The maximum atomic E-state index is 14.4. The Morgan fingerprint density at radius 2 is 1.78 bits per heavy atom. The molecule has 2 saturated heterocycles. The Labute approximate surface area is 210 Å². The molecule has 5 atom stereocenters. The molecule has 0 amide bonds. The fourth-order valence-electron chi connectivity index (χ4n) is 5.41. The Kier molecular flexibility index (Phi) is 7.88. The summed E-state index contributed by atoms with van der Waals surface area (Å²) in [5.41, 5.74) is 1.26. The van der Waals surface area contributed by atoms with E-state index in [1.54, 1.807) is 7.11 Å². The average molecular weight is 505 g/mol. The Morgan fingerprint density at radius 3 is 2.39 bits per heavy atom. The van der Waals surface area contributed by atoms with Gasteiger partial charge < -0.3 is 29.1 Å². The van der Waals surface area contributed by atoms with E-state index < -0.39 is 17.6 Å². The van der Waals surface area contributed by atoms with Gasteiger partial charge in [0.05, 0.1) is 25.3 Å². The molecule has 2 aromatic rings. The molecule has 7 nitrogen and oxygen atoms in total. The summed E-state index contributed by atoms with van der Waals surface area (Å²) < 4.78 is 45.1. The van der Waals surface area contributed by atoms with E-state index in [2.05, 4.69) is 11.8 Å². The predicted molar refractivity (Wildman–Crippen MR) is 133 cm³/mol. The molecule has 2 fully saturated rings. The second kappa shape index (κ2) is 10.9. The quantitative estimate of drug-likeness (QED) is 0.564. The standard InChI is InChI=1S/C27H34F2N2O5/c1-16-14-30(23-12-25(34-3)21(29)11-20(23)28)10-9-24(16)36-19-7-5-18(6-8-19)31-15-26(35-4)17(2)22(31)13-27(32)33/h5-8,11-12,16-17,22,24,26H,9-10,13-15H2,1-4H3,(H,32,33). The van der Waals surface area contributed by atoms with Gasteiger partial charge in [0, 0.05) is 68.9 Å². The Morgan fingerprint density at radius 1 is 1.06 bits per heavy atom. The summed E-state index contributed by atoms with van der Waals surface area (Å²) >= 11 is 0. The second-order valence-corrected chi connectivity index (χ2v) is 9.75. The zero-order chi connectivity index (χ0) is 26.0. The number of nitrogens with zero attached hydrogens (tertiary/aromatic N) is 2. The van der Waals surface area contributed by atoms with Gasteiger partial charge in [0.2, 0.25) is 0 Å². The summed E-state index contributed by atoms with van der Waals surface area (Å²) in [6.45, 7) is 5.85. The molecule has 2 aromatic carbocycles. The minimum absolute atomic E-state index is 0.0207. The highest BCUT2D eigenvalue weighted by molar-refractivity contribution is 5.69. The second-order valence-electron chi connectivity index (χ2n) is 9.75. The van der Waals surface area contributed by atoms with Gasteiger partial charge in [0.25, 0.3) is 0 Å². The van der Waals surface area contributed by atoms with Gasteiger partial charge in [0.15, 0.2) is 11.6 Å². The number of halogens is 2. The van der Waals surface area contributed by atoms with E-state index in [4.69, 9.17) is 14.2 Å². The third-order valence-electron chi connectivity index (χ3n) is 7.50. The van der Waals surface area contributed by atoms with Gasteiger partial charge >= 0.3 is 5.97 Å². The summed E-state index contributed by atoms with van der Waals surface area (Å²) in [6.07, 6.45) is 0.654. The number of rotatable bonds is 8. The number of carboxylic acid groups (broad SMARTS) is 1. The molecule has 0 saturated carbocycles. The van der Waals surface area contributed by atoms with Crippen LogP contribution in [0.5, 0.6) is 11.5 Å². The highest BCUT2D eigenvalue weighted by Crippen LogP contribution is 2.35. The number of hydrogen-bond acceptors (Lipinski definition) is 6. The molecule has 2 heterocycles. The Bertz CT molecular complexity index is 1070. The first kappa shape index (κ1) is 26.0. The Balaban J connectivity index is 1.40. The smallest absolute Gasteiger partial charge is 0.305 e. The molecule has 0 spiro atoms. The van der Waals surface area contributed by atoms with E-state index in [-0.39, 0.29) is 42.3 Å². The molecule has 0 aromatic heterocycles. The van der Waals surface area contributed by atoms with Crippen LogP contribution in [0.4, 0.5) is 20.2 Å². The lowest BCUT2D eigenvalue weighted by Gasteiger charge is -2.38. The molecular formula is C27H34F2N2O5. The topological polar surface area (TPSA) is 71.5 Å². The normalized spacial score (nSPS) is 26.2. The van der Waals surface area contributed by atoms with Gasteiger partial charge in [-0.25, -0.2) is 8.78 Å². The summed E-state index contributed by atoms with van der Waals surface area (Å²) in [6, 6.07) is 9.84. The minimum atomic E-state index is -0.826. The van der Waals surface area contributed by atoms with Crippen LogP contribution in [0.25, 0.3) is 0 Å². The SMILES string of the molecule is COc1cc(N2CCC(Oc3ccc(N4CC(OC)C(C)C4CC(=O)O)cc3)C(C)C2)c(F)cc1F. The Hall–Kier alpha value is -3.07. The summed E-state index contributed by atoms with van der Waals surface area (Å²) in [4.78, 5) is 15.4. The number of benzene rings is 2. The van der Waals surface area contributed by atoms with E-state index in [9.17, 15) is 18.7 Å². The molecule has 0 aliphatic carbocycles. The molecule has 196 valence electrons. The van der Waals surface area contributed by atoms with Crippen LogP contribution in [-0.2, 0) is 9.53 Å². The van der Waals surface area contributed by atoms with Gasteiger partial charge in [-0.2, -0.15) is 0 Å². The van der Waals surface area contributed by atoms with E-state index in [1.807, 2.05) is 36.1 Å². The molecule has 2 aliphatic rings. The summed E-state index contributed by atoms with van der Waals surface area (Å²) in [5, 5.41) is 9.38. The van der Waals surface area contributed by atoms with Crippen LogP contribution in [0.2, 0.25) is 0 Å². The van der Waals surface area contributed by atoms with Crippen molar-refractivity contribution in [3.8, 4) is 11.5 Å². The lowest BCUT2D eigenvalue weighted by atomic mass is 9.95. The number of methoxy groups -OCH3 is 2. The number of aliphatic carboxylic acids is 1. The first-order chi connectivity index (χ1) is 17.2. The molecule has 4 rings (SSSR count). The number of ether oxygens (including phenoxy) is 3. The molecule has 1 N–H and O–H groups in total. The average Bonchev–Trinajstić information content (AvgIpc) is 3.15. The fraction of sp³-hybridized carbons (Fsp3) is 0.519. The molecule has 36 heavy (non-hydrogen) atoms. The predicted octanol–water partition coefficient (Wildman–Crippen LogP) is 4.58. The van der Waals surface area contributed by atoms with Crippen molar-refractivity contribution in [1.82, 2.24) is 0 Å². The van der Waals surface area contributed by atoms with Crippen molar-refractivity contribution in [3.63, 3.8) is 0 Å². The number of piperidine rings is 1. The van der Waals surface area contributed by atoms with Crippen molar-refractivity contribution in [3.05, 3.63) is 48.0 Å². The van der Waals surface area contributed by atoms with Crippen LogP contribution >= 0.6 is 0 Å². The molecule has 5 unspecified atom stereocenters. The summed E-state index contributed by atoms with van der Waals surface area (Å²) in [5.74, 6) is -1.20. The fourth-order valence-corrected chi connectivity index (χ4v) is 5.41. The zero-order valence-electron chi connectivity index (χ0n) is 21.1. The largest absolute Gasteiger partial charge is 0.494 e. The van der Waals surface area contributed by atoms with Crippen LogP contribution in [0.3, 0.4) is 0 Å². The minimum Gasteiger partial charge on any atom is -0.494 e. The number of anilines is 2. The third-order valence-corrected chi connectivity index (χ3v) is 7.50. The number of hydrogen-bond donors (Lipinski definition) is 1. The van der Waals surface area contributed by atoms with Gasteiger partial charge in [-0.3, -0.25) is 4.79 Å². The highest BCUT2D eigenvalue weighted by atomic mass is 19.1. The number of carbonyl (C=O) groups is 1. The van der Waals surface area contributed by atoms with E-state index >= 15 is 0 Å². The van der Waals surface area contributed by atoms with Gasteiger partial charge in [-0.15, -0.1) is 0 Å². The van der Waals surface area contributed by atoms with E-state index in [1.165, 1.54) is 13.2 Å². The van der Waals surface area contributed by atoms with Crippen molar-refractivity contribution < 1.29 is 32.9 Å². The van der Waals surface area contributed by atoms with Crippen molar-refractivity contribution in [2.24, 2.45) is 11.8 Å². The van der Waals surface area contributed by atoms with E-state index in [0.29, 0.717) is 31.7 Å². The molecule has 0 radical (unpaired) electrons. The van der Waals surface area contributed by atoms with Crippen molar-refractivity contribution in [2.75, 3.05) is 43.7 Å². The molecule has 2 aliphatic heterocycles. The number of carboxylic acids is 1. The van der Waals surface area contributed by atoms with Gasteiger partial charge in [0.1, 0.15) is 17.7 Å². The molecule has 0 bridgehead atoms. The first-order valence-corrected chi connectivity index (χ1v) is 12.3. The van der Waals surface area contributed by atoms with Gasteiger partial charge in [-0.05, 0) is 24.3 Å². The summed E-state index contributed by atoms with van der Waals surface area (Å²) in [7, 11) is 3.02. The van der Waals surface area contributed by atoms with Crippen LogP contribution in [0.15, 0.2) is 36.4 Å². The van der Waals surface area contributed by atoms with E-state index in [0.717, 1.165) is 17.5 Å². The molecule has 9 heteroatoms. The van der Waals surface area contributed by atoms with Crippen LogP contribution in [0, 0.1) is 23.5 Å².